The van der Waals surface area contributed by atoms with Gasteiger partial charge in [-0.15, -0.1) is 11.3 Å². The topological polar surface area (TPSA) is 101 Å². The minimum Gasteiger partial charge on any atom is -0.493 e. The summed E-state index contributed by atoms with van der Waals surface area (Å²) in [5.41, 5.74) is 3.11. The standard InChI is InChI=1S/C28H33N3O5S/c1-19(21-6-4-3-5-7-21)29-27(34)24-18-23(10-8-22(24)9-11-26(32)33)36-15-12-25-20(2)37-28(30-25)31-13-16-35-17-14-31/h3-8,10,18-19H,9,11-17H2,1-2H3,(H,29,34)(H,32,33)/t19-/m1/s1. The number of hydrogen-bond acceptors (Lipinski definition) is 7. The number of carbonyl (C=O) groups excluding carboxylic acids is 1. The summed E-state index contributed by atoms with van der Waals surface area (Å²) in [5, 5.41) is 13.2. The van der Waals surface area contributed by atoms with E-state index in [1.165, 1.54) is 4.88 Å². The summed E-state index contributed by atoms with van der Waals surface area (Å²) in [5.74, 6) is -0.593. The molecule has 4 rings (SSSR count). The van der Waals surface area contributed by atoms with Crippen LogP contribution in [0.5, 0.6) is 5.75 Å². The number of morpholine rings is 1. The van der Waals surface area contributed by atoms with Gasteiger partial charge in [0.25, 0.3) is 5.91 Å². The number of anilines is 1. The molecule has 1 aliphatic heterocycles. The van der Waals surface area contributed by atoms with Crippen LogP contribution in [0.2, 0.25) is 0 Å². The van der Waals surface area contributed by atoms with E-state index in [0.717, 1.165) is 42.7 Å². The van der Waals surface area contributed by atoms with E-state index in [0.29, 0.717) is 29.9 Å². The number of aromatic nitrogens is 1. The first kappa shape index (κ1) is 26.6. The largest absolute Gasteiger partial charge is 0.493 e. The van der Waals surface area contributed by atoms with E-state index in [-0.39, 0.29) is 24.8 Å². The third kappa shape index (κ3) is 7.30. The smallest absolute Gasteiger partial charge is 0.303 e. The van der Waals surface area contributed by atoms with Crippen LogP contribution in [0.3, 0.4) is 0 Å². The first-order valence-corrected chi connectivity index (χ1v) is 13.3. The lowest BCUT2D eigenvalue weighted by Gasteiger charge is -2.26. The van der Waals surface area contributed by atoms with Gasteiger partial charge in [-0.25, -0.2) is 4.98 Å². The third-order valence-electron chi connectivity index (χ3n) is 6.35. The van der Waals surface area contributed by atoms with Crippen LogP contribution in [0.15, 0.2) is 48.5 Å². The van der Waals surface area contributed by atoms with E-state index in [2.05, 4.69) is 17.1 Å². The molecule has 1 amide bonds. The Morgan fingerprint density at radius 3 is 2.65 bits per heavy atom. The molecule has 1 atom stereocenters. The fraction of sp³-hybridized carbons (Fsp3) is 0.393. The van der Waals surface area contributed by atoms with Gasteiger partial charge in [0.2, 0.25) is 0 Å². The summed E-state index contributed by atoms with van der Waals surface area (Å²) in [4.78, 5) is 32.6. The van der Waals surface area contributed by atoms with Crippen LogP contribution in [0.25, 0.3) is 0 Å². The first-order chi connectivity index (χ1) is 17.9. The van der Waals surface area contributed by atoms with E-state index in [1.54, 1.807) is 29.5 Å². The minimum atomic E-state index is -0.903. The van der Waals surface area contributed by atoms with Crippen molar-refractivity contribution >= 4 is 28.3 Å². The second-order valence-electron chi connectivity index (χ2n) is 9.02. The molecule has 3 aromatic rings. The van der Waals surface area contributed by atoms with Gasteiger partial charge in [-0.2, -0.15) is 0 Å². The molecule has 2 aromatic carbocycles. The van der Waals surface area contributed by atoms with Crippen molar-refractivity contribution in [2.75, 3.05) is 37.8 Å². The normalized spacial score (nSPS) is 14.3. The van der Waals surface area contributed by atoms with Gasteiger partial charge in [0.1, 0.15) is 5.75 Å². The zero-order chi connectivity index (χ0) is 26.2. The number of hydrogen-bond donors (Lipinski definition) is 2. The van der Waals surface area contributed by atoms with Crippen LogP contribution in [0.4, 0.5) is 5.13 Å². The zero-order valence-electron chi connectivity index (χ0n) is 21.2. The van der Waals surface area contributed by atoms with Gasteiger partial charge in [-0.3, -0.25) is 9.59 Å². The van der Waals surface area contributed by atoms with E-state index in [1.807, 2.05) is 37.3 Å². The van der Waals surface area contributed by atoms with Crippen molar-refractivity contribution in [2.45, 2.75) is 39.2 Å². The van der Waals surface area contributed by atoms with Crippen LogP contribution in [-0.2, 0) is 22.4 Å². The Labute approximate surface area is 221 Å². The molecule has 0 saturated carbocycles. The molecule has 1 fully saturated rings. The van der Waals surface area contributed by atoms with E-state index < -0.39 is 5.97 Å². The molecule has 0 aliphatic carbocycles. The highest BCUT2D eigenvalue weighted by atomic mass is 32.1. The Bertz CT molecular complexity index is 1210. The Morgan fingerprint density at radius 1 is 1.16 bits per heavy atom. The van der Waals surface area contributed by atoms with Crippen molar-refractivity contribution < 1.29 is 24.2 Å². The van der Waals surface area contributed by atoms with Gasteiger partial charge in [0.05, 0.1) is 31.6 Å². The number of carboxylic acids is 1. The average molecular weight is 524 g/mol. The van der Waals surface area contributed by atoms with E-state index >= 15 is 0 Å². The quantitative estimate of drug-likeness (QED) is 0.384. The lowest BCUT2D eigenvalue weighted by Crippen LogP contribution is -2.36. The molecule has 1 aromatic heterocycles. The second-order valence-corrected chi connectivity index (χ2v) is 10.2. The molecule has 2 N–H and O–H groups in total. The number of aryl methyl sites for hydroxylation is 2. The molecule has 37 heavy (non-hydrogen) atoms. The van der Waals surface area contributed by atoms with Crippen LogP contribution in [0.1, 0.15) is 51.4 Å². The Kier molecular flexibility index (Phi) is 9.14. The maximum Gasteiger partial charge on any atom is 0.303 e. The second kappa shape index (κ2) is 12.7. The van der Waals surface area contributed by atoms with Gasteiger partial charge < -0.3 is 24.8 Å². The Hall–Kier alpha value is -3.43. The lowest BCUT2D eigenvalue weighted by atomic mass is 10.0. The van der Waals surface area contributed by atoms with Crippen LogP contribution < -0.4 is 15.0 Å². The number of nitrogens with one attached hydrogen (secondary N) is 1. The molecule has 1 aliphatic rings. The molecular weight excluding hydrogens is 490 g/mol. The number of thiazole rings is 1. The molecule has 2 heterocycles. The molecule has 1 saturated heterocycles. The molecule has 8 nitrogen and oxygen atoms in total. The fourth-order valence-electron chi connectivity index (χ4n) is 4.22. The average Bonchev–Trinajstić information content (AvgIpc) is 3.29. The van der Waals surface area contributed by atoms with Gasteiger partial charge in [0, 0.05) is 36.4 Å². The molecular formula is C28H33N3O5S. The molecule has 0 radical (unpaired) electrons. The van der Waals surface area contributed by atoms with Crippen molar-refractivity contribution in [3.8, 4) is 5.75 Å². The monoisotopic (exact) mass is 523 g/mol. The Balaban J connectivity index is 1.42. The molecule has 0 spiro atoms. The lowest BCUT2D eigenvalue weighted by molar-refractivity contribution is -0.136. The molecule has 0 unspecified atom stereocenters. The van der Waals surface area contributed by atoms with Gasteiger partial charge >= 0.3 is 5.97 Å². The molecule has 196 valence electrons. The van der Waals surface area contributed by atoms with Crippen molar-refractivity contribution in [2.24, 2.45) is 0 Å². The predicted molar refractivity (Wildman–Crippen MR) is 144 cm³/mol. The number of rotatable bonds is 11. The van der Waals surface area contributed by atoms with Gasteiger partial charge in [0.15, 0.2) is 5.13 Å². The molecule has 9 heteroatoms. The van der Waals surface area contributed by atoms with Crippen LogP contribution in [0, 0.1) is 6.92 Å². The van der Waals surface area contributed by atoms with Gasteiger partial charge in [-0.1, -0.05) is 36.4 Å². The third-order valence-corrected chi connectivity index (χ3v) is 7.43. The summed E-state index contributed by atoms with van der Waals surface area (Å²) in [6, 6.07) is 14.8. The number of ether oxygens (including phenoxy) is 2. The fourth-order valence-corrected chi connectivity index (χ4v) is 5.22. The Morgan fingerprint density at radius 2 is 1.92 bits per heavy atom. The minimum absolute atomic E-state index is 0.0523. The maximum absolute atomic E-state index is 13.2. The number of nitrogens with zero attached hydrogens (tertiary/aromatic N) is 2. The van der Waals surface area contributed by atoms with Crippen molar-refractivity contribution in [3.05, 3.63) is 75.8 Å². The number of benzene rings is 2. The summed E-state index contributed by atoms with van der Waals surface area (Å²) in [6.07, 6.45) is 0.865. The maximum atomic E-state index is 13.2. The summed E-state index contributed by atoms with van der Waals surface area (Å²) in [7, 11) is 0. The zero-order valence-corrected chi connectivity index (χ0v) is 22.1. The highest BCUT2D eigenvalue weighted by Gasteiger charge is 2.19. The van der Waals surface area contributed by atoms with Crippen molar-refractivity contribution in [1.82, 2.24) is 10.3 Å². The first-order valence-electron chi connectivity index (χ1n) is 12.5. The number of amides is 1. The number of carboxylic acid groups (broad SMARTS) is 1. The molecule has 0 bridgehead atoms. The van der Waals surface area contributed by atoms with E-state index in [9.17, 15) is 9.59 Å². The SMILES string of the molecule is Cc1sc(N2CCOCC2)nc1CCOc1ccc(CCC(=O)O)c(C(=O)N[C@H](C)c2ccccc2)c1. The summed E-state index contributed by atoms with van der Waals surface area (Å²) in [6.45, 7) is 7.56. The van der Waals surface area contributed by atoms with Gasteiger partial charge in [-0.05, 0) is 43.5 Å². The predicted octanol–water partition coefficient (Wildman–Crippen LogP) is 4.42. The highest BCUT2D eigenvalue weighted by Crippen LogP contribution is 2.27. The summed E-state index contributed by atoms with van der Waals surface area (Å²) < 4.78 is 11.5. The summed E-state index contributed by atoms with van der Waals surface area (Å²) >= 11 is 1.69. The number of aliphatic carboxylic acids is 1. The van der Waals surface area contributed by atoms with Crippen molar-refractivity contribution in [1.29, 1.82) is 0 Å². The van der Waals surface area contributed by atoms with Crippen LogP contribution in [-0.4, -0.2) is 54.9 Å². The number of carbonyl (C=O) groups is 2. The van der Waals surface area contributed by atoms with Crippen LogP contribution >= 0.6 is 11.3 Å². The van der Waals surface area contributed by atoms with Crippen molar-refractivity contribution in [3.63, 3.8) is 0 Å². The van der Waals surface area contributed by atoms with E-state index in [4.69, 9.17) is 19.6 Å². The highest BCUT2D eigenvalue weighted by molar-refractivity contribution is 7.15.